The average Bonchev–Trinajstić information content (AvgIpc) is 2.85. The molecule has 1 saturated carbocycles. The number of nitrogens with zero attached hydrogens (tertiary/aromatic N) is 2. The van der Waals surface area contributed by atoms with Gasteiger partial charge in [0.05, 0.1) is 12.1 Å². The minimum absolute atomic E-state index is 0.0318. The Bertz CT molecular complexity index is 424. The van der Waals surface area contributed by atoms with Crippen LogP contribution in [0.1, 0.15) is 46.0 Å². The maximum Gasteiger partial charge on any atom is 0.326 e. The molecule has 2 fully saturated rings. The number of carboxylic acid groups (broad SMARTS) is 1. The lowest BCUT2D eigenvalue weighted by atomic mass is 9.85. The molecule has 2 N–H and O–H groups in total. The number of carboxylic acids is 1. The summed E-state index contributed by atoms with van der Waals surface area (Å²) in [6, 6.07) is -0.984. The number of hydrogen-bond acceptors (Lipinski definition) is 3. The molecule has 1 aliphatic carbocycles. The molecule has 0 spiro atoms. The van der Waals surface area contributed by atoms with Crippen LogP contribution in [0.2, 0.25) is 0 Å². The summed E-state index contributed by atoms with van der Waals surface area (Å²) in [5, 5.41) is 18.9. The predicted molar refractivity (Wildman–Crippen MR) is 77.9 cm³/mol. The van der Waals surface area contributed by atoms with Crippen LogP contribution >= 0.6 is 0 Å². The van der Waals surface area contributed by atoms with Crippen LogP contribution in [0.5, 0.6) is 0 Å². The molecular formula is C15H26N2O4. The zero-order valence-corrected chi connectivity index (χ0v) is 13.1. The van der Waals surface area contributed by atoms with Gasteiger partial charge in [-0.25, -0.2) is 9.59 Å². The van der Waals surface area contributed by atoms with E-state index in [1.54, 1.807) is 25.8 Å². The number of carbonyl (C=O) groups is 2. The summed E-state index contributed by atoms with van der Waals surface area (Å²) >= 11 is 0. The Balaban J connectivity index is 2.25. The lowest BCUT2D eigenvalue weighted by molar-refractivity contribution is -0.141. The van der Waals surface area contributed by atoms with E-state index >= 15 is 0 Å². The fraction of sp³-hybridized carbons (Fsp3) is 0.867. The number of hydrogen-bond donors (Lipinski definition) is 2. The Morgan fingerprint density at radius 3 is 2.48 bits per heavy atom. The molecule has 0 radical (unpaired) electrons. The molecule has 0 aromatic rings. The van der Waals surface area contributed by atoms with Crippen LogP contribution in [0.3, 0.4) is 0 Å². The maximum atomic E-state index is 12.8. The summed E-state index contributed by atoms with van der Waals surface area (Å²) < 4.78 is 0. The van der Waals surface area contributed by atoms with E-state index in [-0.39, 0.29) is 18.7 Å². The summed E-state index contributed by atoms with van der Waals surface area (Å²) in [7, 11) is 1.63. The van der Waals surface area contributed by atoms with Gasteiger partial charge in [-0.05, 0) is 39.0 Å². The zero-order chi connectivity index (χ0) is 15.8. The van der Waals surface area contributed by atoms with Gasteiger partial charge in [0.1, 0.15) is 6.04 Å². The van der Waals surface area contributed by atoms with Crippen molar-refractivity contribution in [2.24, 2.45) is 5.92 Å². The second-order valence-corrected chi connectivity index (χ2v) is 6.92. The van der Waals surface area contributed by atoms with E-state index in [0.717, 1.165) is 25.7 Å². The van der Waals surface area contributed by atoms with Crippen molar-refractivity contribution in [2.45, 2.75) is 63.6 Å². The minimum Gasteiger partial charge on any atom is -0.480 e. The summed E-state index contributed by atoms with van der Waals surface area (Å²) in [6.45, 7) is 3.39. The lowest BCUT2D eigenvalue weighted by Gasteiger charge is -2.41. The topological polar surface area (TPSA) is 81.1 Å². The number of amides is 2. The first-order valence-corrected chi connectivity index (χ1v) is 7.69. The number of likely N-dealkylation sites (N-methyl/N-ethyl adjacent to an activating group) is 1. The minimum atomic E-state index is -0.923. The van der Waals surface area contributed by atoms with Gasteiger partial charge in [0, 0.05) is 13.1 Å². The molecule has 6 heteroatoms. The number of rotatable bonds is 3. The molecule has 3 atom stereocenters. The SMILES string of the molecule is CN(C(=O)N1C(C(=O)O)CC2CCCCC21)C(C)(C)CO. The number of aliphatic hydroxyl groups excluding tert-OH is 1. The molecule has 120 valence electrons. The first kappa shape index (κ1) is 16.1. The van der Waals surface area contributed by atoms with E-state index in [1.807, 2.05) is 0 Å². The first-order valence-electron chi connectivity index (χ1n) is 7.69. The van der Waals surface area contributed by atoms with E-state index in [9.17, 15) is 19.8 Å². The van der Waals surface area contributed by atoms with Gasteiger partial charge in [0.15, 0.2) is 0 Å². The maximum absolute atomic E-state index is 12.8. The number of likely N-dealkylation sites (tertiary alicyclic amines) is 1. The van der Waals surface area contributed by atoms with Crippen LogP contribution in [0.15, 0.2) is 0 Å². The lowest BCUT2D eigenvalue weighted by Crippen LogP contribution is -2.57. The van der Waals surface area contributed by atoms with Gasteiger partial charge in [0.2, 0.25) is 0 Å². The molecular weight excluding hydrogens is 272 g/mol. The predicted octanol–water partition coefficient (Wildman–Crippen LogP) is 1.53. The third kappa shape index (κ3) is 2.86. The Morgan fingerprint density at radius 1 is 1.29 bits per heavy atom. The highest BCUT2D eigenvalue weighted by Crippen LogP contribution is 2.40. The molecule has 2 amide bonds. The molecule has 21 heavy (non-hydrogen) atoms. The van der Waals surface area contributed by atoms with Crippen LogP contribution in [-0.4, -0.2) is 63.3 Å². The van der Waals surface area contributed by atoms with Crippen molar-refractivity contribution in [1.29, 1.82) is 0 Å². The number of fused-ring (bicyclic) bond motifs is 1. The molecule has 6 nitrogen and oxygen atoms in total. The second-order valence-electron chi connectivity index (χ2n) is 6.92. The van der Waals surface area contributed by atoms with Crippen LogP contribution in [0.25, 0.3) is 0 Å². The van der Waals surface area contributed by atoms with Crippen molar-refractivity contribution >= 4 is 12.0 Å². The van der Waals surface area contributed by atoms with E-state index in [2.05, 4.69) is 0 Å². The molecule has 2 rings (SSSR count). The third-order valence-corrected chi connectivity index (χ3v) is 5.18. The van der Waals surface area contributed by atoms with Gasteiger partial charge in [-0.15, -0.1) is 0 Å². The number of aliphatic carboxylic acids is 1. The number of urea groups is 1. The molecule has 1 aliphatic heterocycles. The largest absolute Gasteiger partial charge is 0.480 e. The molecule has 1 saturated heterocycles. The van der Waals surface area contributed by atoms with Crippen LogP contribution in [0.4, 0.5) is 4.79 Å². The van der Waals surface area contributed by atoms with E-state index in [1.165, 1.54) is 4.90 Å². The van der Waals surface area contributed by atoms with E-state index < -0.39 is 17.6 Å². The Morgan fingerprint density at radius 2 is 1.90 bits per heavy atom. The summed E-state index contributed by atoms with van der Waals surface area (Å²) in [5.74, 6) is -0.623. The standard InChI is InChI=1S/C15H26N2O4/c1-15(2,9-18)16(3)14(21)17-11-7-5-4-6-10(11)8-12(17)13(19)20/h10-12,18H,4-9H2,1-3H3,(H,19,20). The quantitative estimate of drug-likeness (QED) is 0.828. The van der Waals surface area contributed by atoms with Crippen molar-refractivity contribution in [3.63, 3.8) is 0 Å². The van der Waals surface area contributed by atoms with Crippen molar-refractivity contribution in [3.05, 3.63) is 0 Å². The highest BCUT2D eigenvalue weighted by Gasteiger charge is 2.49. The number of aliphatic hydroxyl groups is 1. The molecule has 0 aromatic heterocycles. The third-order valence-electron chi connectivity index (χ3n) is 5.18. The summed E-state index contributed by atoms with van der Waals surface area (Å²) in [4.78, 5) is 27.4. The van der Waals surface area contributed by atoms with Gasteiger partial charge >= 0.3 is 12.0 Å². The normalized spacial score (nSPS) is 29.1. The van der Waals surface area contributed by atoms with Crippen LogP contribution in [-0.2, 0) is 4.79 Å². The first-order chi connectivity index (χ1) is 9.79. The zero-order valence-electron chi connectivity index (χ0n) is 13.1. The highest BCUT2D eigenvalue weighted by atomic mass is 16.4. The smallest absolute Gasteiger partial charge is 0.326 e. The van der Waals surface area contributed by atoms with Crippen molar-refractivity contribution < 1.29 is 19.8 Å². The van der Waals surface area contributed by atoms with Gasteiger partial charge in [-0.2, -0.15) is 0 Å². The van der Waals surface area contributed by atoms with Crippen molar-refractivity contribution in [3.8, 4) is 0 Å². The van der Waals surface area contributed by atoms with Crippen molar-refractivity contribution in [2.75, 3.05) is 13.7 Å². The van der Waals surface area contributed by atoms with E-state index in [4.69, 9.17) is 0 Å². The molecule has 3 unspecified atom stereocenters. The molecule has 0 bridgehead atoms. The Kier molecular flexibility index (Phi) is 4.46. The highest BCUT2D eigenvalue weighted by molar-refractivity contribution is 5.84. The molecule has 1 heterocycles. The molecule has 2 aliphatic rings. The van der Waals surface area contributed by atoms with Gasteiger partial charge in [0.25, 0.3) is 0 Å². The summed E-state index contributed by atoms with van der Waals surface area (Å²) in [5.41, 5.74) is -0.701. The van der Waals surface area contributed by atoms with Crippen molar-refractivity contribution in [1.82, 2.24) is 9.80 Å². The van der Waals surface area contributed by atoms with E-state index in [0.29, 0.717) is 12.3 Å². The van der Waals surface area contributed by atoms with Gasteiger partial charge in [-0.3, -0.25) is 0 Å². The Hall–Kier alpha value is -1.30. The van der Waals surface area contributed by atoms with Crippen LogP contribution in [0, 0.1) is 5.92 Å². The fourth-order valence-electron chi connectivity index (χ4n) is 3.49. The number of carbonyl (C=O) groups excluding carboxylic acids is 1. The van der Waals surface area contributed by atoms with Gasteiger partial charge in [-0.1, -0.05) is 12.8 Å². The van der Waals surface area contributed by atoms with Crippen LogP contribution < -0.4 is 0 Å². The van der Waals surface area contributed by atoms with Gasteiger partial charge < -0.3 is 20.0 Å². The average molecular weight is 298 g/mol. The monoisotopic (exact) mass is 298 g/mol. The summed E-state index contributed by atoms with van der Waals surface area (Å²) in [6.07, 6.45) is 4.61. The Labute approximate surface area is 125 Å². The fourth-order valence-corrected chi connectivity index (χ4v) is 3.49. The molecule has 0 aromatic carbocycles. The second kappa shape index (κ2) is 5.83.